The predicted molar refractivity (Wildman–Crippen MR) is 120 cm³/mol. The SMILES string of the molecule is Cc1cc(C)c(CNC(=O)c2cc(-c3cn[nH]c3)cc3c2c(C)nn3C(C)C)c(=O)[nH]1. The Hall–Kier alpha value is -3.68. The number of rotatable bonds is 5. The van der Waals surface area contributed by atoms with Crippen molar-refractivity contribution in [2.24, 2.45) is 0 Å². The molecule has 0 aliphatic heterocycles. The third-order valence-corrected chi connectivity index (χ3v) is 5.47. The zero-order valence-electron chi connectivity index (χ0n) is 18.3. The number of hydrogen-bond donors (Lipinski definition) is 3. The molecule has 3 N–H and O–H groups in total. The maximum Gasteiger partial charge on any atom is 0.253 e. The molecule has 3 heterocycles. The molecule has 0 spiro atoms. The first-order valence-electron chi connectivity index (χ1n) is 10.3. The number of hydrogen-bond acceptors (Lipinski definition) is 4. The topological polar surface area (TPSA) is 108 Å². The molecule has 0 atom stereocenters. The number of H-pyrrole nitrogens is 2. The highest BCUT2D eigenvalue weighted by Gasteiger charge is 2.20. The fourth-order valence-corrected chi connectivity index (χ4v) is 3.97. The number of aromatic nitrogens is 5. The highest BCUT2D eigenvalue weighted by molar-refractivity contribution is 6.09. The minimum Gasteiger partial charge on any atom is -0.348 e. The Labute approximate surface area is 179 Å². The molecule has 8 nitrogen and oxygen atoms in total. The van der Waals surface area contributed by atoms with E-state index in [4.69, 9.17) is 0 Å². The lowest BCUT2D eigenvalue weighted by Crippen LogP contribution is -2.28. The van der Waals surface area contributed by atoms with Crippen LogP contribution in [0.5, 0.6) is 0 Å². The first-order chi connectivity index (χ1) is 14.8. The molecule has 8 heteroatoms. The van der Waals surface area contributed by atoms with Gasteiger partial charge in [-0.25, -0.2) is 0 Å². The van der Waals surface area contributed by atoms with Crippen molar-refractivity contribution >= 4 is 16.8 Å². The number of nitrogens with one attached hydrogen (secondary N) is 3. The summed E-state index contributed by atoms with van der Waals surface area (Å²) < 4.78 is 1.93. The van der Waals surface area contributed by atoms with Crippen LogP contribution in [0.4, 0.5) is 0 Å². The van der Waals surface area contributed by atoms with Gasteiger partial charge in [-0.2, -0.15) is 10.2 Å². The summed E-state index contributed by atoms with van der Waals surface area (Å²) in [5.74, 6) is -0.249. The van der Waals surface area contributed by atoms with Gasteiger partial charge in [-0.1, -0.05) is 0 Å². The van der Waals surface area contributed by atoms with Crippen molar-refractivity contribution in [3.63, 3.8) is 0 Å². The van der Waals surface area contributed by atoms with E-state index in [9.17, 15) is 9.59 Å². The van der Waals surface area contributed by atoms with Gasteiger partial charge in [0.15, 0.2) is 0 Å². The van der Waals surface area contributed by atoms with Gasteiger partial charge < -0.3 is 10.3 Å². The smallest absolute Gasteiger partial charge is 0.253 e. The summed E-state index contributed by atoms with van der Waals surface area (Å²) in [7, 11) is 0. The lowest BCUT2D eigenvalue weighted by molar-refractivity contribution is 0.0952. The second-order valence-corrected chi connectivity index (χ2v) is 8.15. The Morgan fingerprint density at radius 3 is 2.58 bits per heavy atom. The third-order valence-electron chi connectivity index (χ3n) is 5.47. The van der Waals surface area contributed by atoms with E-state index in [1.54, 1.807) is 12.4 Å². The summed E-state index contributed by atoms with van der Waals surface area (Å²) in [6, 6.07) is 5.93. The second kappa shape index (κ2) is 7.86. The van der Waals surface area contributed by atoms with Crippen LogP contribution in [0.3, 0.4) is 0 Å². The highest BCUT2D eigenvalue weighted by atomic mass is 16.1. The third kappa shape index (κ3) is 3.76. The summed E-state index contributed by atoms with van der Waals surface area (Å²) >= 11 is 0. The maximum atomic E-state index is 13.3. The Morgan fingerprint density at radius 2 is 1.94 bits per heavy atom. The van der Waals surface area contributed by atoms with Crippen LogP contribution in [-0.2, 0) is 6.54 Å². The van der Waals surface area contributed by atoms with E-state index in [0.717, 1.165) is 39.0 Å². The van der Waals surface area contributed by atoms with Crippen molar-refractivity contribution in [2.75, 3.05) is 0 Å². The van der Waals surface area contributed by atoms with Gasteiger partial charge in [0.1, 0.15) is 0 Å². The van der Waals surface area contributed by atoms with E-state index < -0.39 is 0 Å². The van der Waals surface area contributed by atoms with Gasteiger partial charge in [-0.05, 0) is 63.9 Å². The minimum absolute atomic E-state index is 0.139. The van der Waals surface area contributed by atoms with Crippen molar-refractivity contribution in [3.8, 4) is 11.1 Å². The van der Waals surface area contributed by atoms with Crippen LogP contribution in [0.1, 0.15) is 52.8 Å². The number of benzene rings is 1. The predicted octanol–water partition coefficient (Wildman–Crippen LogP) is 3.55. The van der Waals surface area contributed by atoms with Gasteiger partial charge in [0.2, 0.25) is 0 Å². The molecule has 1 amide bonds. The number of aryl methyl sites for hydroxylation is 3. The number of amides is 1. The molecule has 0 bridgehead atoms. The molecule has 4 aromatic rings. The summed E-state index contributed by atoms with van der Waals surface area (Å²) in [5, 5.41) is 15.3. The van der Waals surface area contributed by atoms with Gasteiger partial charge in [0.25, 0.3) is 11.5 Å². The zero-order chi connectivity index (χ0) is 22.3. The number of aromatic amines is 2. The minimum atomic E-state index is -0.249. The van der Waals surface area contributed by atoms with Crippen molar-refractivity contribution in [3.05, 3.63) is 69.0 Å². The van der Waals surface area contributed by atoms with Crippen molar-refractivity contribution in [2.45, 2.75) is 47.2 Å². The van der Waals surface area contributed by atoms with Crippen LogP contribution in [0.15, 0.2) is 35.4 Å². The standard InChI is InChI=1S/C23H26N6O2/c1-12(2)29-20-8-16(17-9-25-26-10-17)7-18(21(20)15(5)28-29)22(30)24-11-19-13(3)6-14(4)27-23(19)31/h6-10,12H,11H2,1-5H3,(H,24,30)(H,25,26)(H,27,31). The number of carbonyl (C=O) groups excluding carboxylic acids is 1. The first kappa shape index (κ1) is 20.6. The average molecular weight is 419 g/mol. The van der Waals surface area contributed by atoms with E-state index in [-0.39, 0.29) is 24.1 Å². The van der Waals surface area contributed by atoms with Gasteiger partial charge >= 0.3 is 0 Å². The van der Waals surface area contributed by atoms with Gasteiger partial charge in [-0.15, -0.1) is 0 Å². The molecule has 0 radical (unpaired) electrons. The highest BCUT2D eigenvalue weighted by Crippen LogP contribution is 2.31. The summed E-state index contributed by atoms with van der Waals surface area (Å²) in [6.07, 6.45) is 3.52. The zero-order valence-corrected chi connectivity index (χ0v) is 18.3. The lowest BCUT2D eigenvalue weighted by atomic mass is 10.00. The molecule has 3 aromatic heterocycles. The van der Waals surface area contributed by atoms with E-state index in [0.29, 0.717) is 11.1 Å². The molecule has 0 unspecified atom stereocenters. The molecule has 4 rings (SSSR count). The molecule has 0 saturated heterocycles. The van der Waals surface area contributed by atoms with Crippen LogP contribution >= 0.6 is 0 Å². The van der Waals surface area contributed by atoms with Crippen LogP contribution in [0.25, 0.3) is 22.0 Å². The molecule has 0 fully saturated rings. The van der Waals surface area contributed by atoms with Crippen LogP contribution in [0.2, 0.25) is 0 Å². The van der Waals surface area contributed by atoms with Gasteiger partial charge in [-0.3, -0.25) is 19.4 Å². The quantitative estimate of drug-likeness (QED) is 0.460. The van der Waals surface area contributed by atoms with E-state index in [1.165, 1.54) is 0 Å². The fraction of sp³-hybridized carbons (Fsp3) is 0.304. The van der Waals surface area contributed by atoms with E-state index in [1.807, 2.05) is 43.7 Å². The molecule has 31 heavy (non-hydrogen) atoms. The fourth-order valence-electron chi connectivity index (χ4n) is 3.97. The van der Waals surface area contributed by atoms with E-state index >= 15 is 0 Å². The monoisotopic (exact) mass is 418 g/mol. The Balaban J connectivity index is 1.79. The molecule has 1 aromatic carbocycles. The molecule has 160 valence electrons. The van der Waals surface area contributed by atoms with Crippen molar-refractivity contribution in [1.82, 2.24) is 30.3 Å². The molecular weight excluding hydrogens is 392 g/mol. The van der Waals surface area contributed by atoms with Crippen LogP contribution in [-0.4, -0.2) is 30.9 Å². The van der Waals surface area contributed by atoms with Crippen molar-refractivity contribution in [1.29, 1.82) is 0 Å². The summed E-state index contributed by atoms with van der Waals surface area (Å²) in [6.45, 7) is 9.88. The maximum absolute atomic E-state index is 13.3. The van der Waals surface area contributed by atoms with Crippen LogP contribution < -0.4 is 10.9 Å². The summed E-state index contributed by atoms with van der Waals surface area (Å²) in [5.41, 5.74) is 5.98. The van der Waals surface area contributed by atoms with Gasteiger partial charge in [0.05, 0.1) is 23.0 Å². The Kier molecular flexibility index (Phi) is 5.22. The lowest BCUT2D eigenvalue weighted by Gasteiger charge is -2.12. The molecule has 0 saturated carbocycles. The number of carbonyl (C=O) groups is 1. The van der Waals surface area contributed by atoms with Gasteiger partial charge in [0, 0.05) is 41.0 Å². The number of fused-ring (bicyclic) bond motifs is 1. The van der Waals surface area contributed by atoms with E-state index in [2.05, 4.69) is 39.4 Å². The molecular formula is C23H26N6O2. The Bertz CT molecular complexity index is 1330. The molecule has 0 aliphatic rings. The number of pyridine rings is 1. The largest absolute Gasteiger partial charge is 0.348 e. The average Bonchev–Trinajstić information content (AvgIpc) is 3.35. The number of nitrogens with zero attached hydrogens (tertiary/aromatic N) is 3. The Morgan fingerprint density at radius 1 is 1.16 bits per heavy atom. The van der Waals surface area contributed by atoms with Crippen LogP contribution in [0, 0.1) is 20.8 Å². The first-order valence-corrected chi connectivity index (χ1v) is 10.3. The second-order valence-electron chi connectivity index (χ2n) is 8.15. The van der Waals surface area contributed by atoms with Crippen molar-refractivity contribution < 1.29 is 4.79 Å². The summed E-state index contributed by atoms with van der Waals surface area (Å²) in [4.78, 5) is 28.4. The normalized spacial score (nSPS) is 11.4. The molecule has 0 aliphatic carbocycles.